The molecule has 9 nitrogen and oxygen atoms in total. The molecule has 0 aromatic carbocycles. The van der Waals surface area contributed by atoms with Crippen molar-refractivity contribution in [2.45, 2.75) is 275 Å². The molecule has 7 unspecified atom stereocenters. The Bertz CT molecular complexity index is 1280. The molecular weight excluding hydrogens is 839 g/mol. The van der Waals surface area contributed by atoms with Crippen LogP contribution in [0.25, 0.3) is 0 Å². The van der Waals surface area contributed by atoms with Gasteiger partial charge in [0.25, 0.3) is 0 Å². The van der Waals surface area contributed by atoms with Crippen LogP contribution in [0.1, 0.15) is 232 Å². The van der Waals surface area contributed by atoms with Gasteiger partial charge in [-0.15, -0.1) is 0 Å². The number of aliphatic hydroxyl groups excluding tert-OH is 5. The molecule has 1 amide bonds. The molecule has 9 heteroatoms. The normalized spacial score (nSPS) is 20.3. The second-order valence-corrected chi connectivity index (χ2v) is 19.0. The minimum Gasteiger partial charge on any atom is -0.394 e. The van der Waals surface area contributed by atoms with Crippen molar-refractivity contribution in [3.05, 3.63) is 72.9 Å². The fraction of sp³-hybridized carbons (Fsp3) is 0.776. The van der Waals surface area contributed by atoms with Crippen LogP contribution >= 0.6 is 0 Å². The molecule has 6 N–H and O–H groups in total. The van der Waals surface area contributed by atoms with Gasteiger partial charge in [-0.05, 0) is 83.5 Å². The van der Waals surface area contributed by atoms with E-state index in [0.717, 1.165) is 64.2 Å². The van der Waals surface area contributed by atoms with E-state index >= 15 is 0 Å². The quantitative estimate of drug-likeness (QED) is 0.0261. The zero-order valence-corrected chi connectivity index (χ0v) is 42.9. The molecule has 0 saturated carbocycles. The molecule has 1 rings (SSSR count). The highest BCUT2D eigenvalue weighted by molar-refractivity contribution is 5.76. The molecule has 0 aromatic heterocycles. The molecule has 1 heterocycles. The van der Waals surface area contributed by atoms with Crippen molar-refractivity contribution in [2.24, 2.45) is 0 Å². The van der Waals surface area contributed by atoms with Crippen LogP contribution in [-0.4, -0.2) is 87.5 Å². The molecule has 1 aliphatic rings. The summed E-state index contributed by atoms with van der Waals surface area (Å²) in [6.07, 6.45) is 58.3. The summed E-state index contributed by atoms with van der Waals surface area (Å²) in [7, 11) is 0. The largest absolute Gasteiger partial charge is 0.394 e. The van der Waals surface area contributed by atoms with Crippen LogP contribution in [0, 0.1) is 0 Å². The van der Waals surface area contributed by atoms with Gasteiger partial charge in [0.05, 0.1) is 25.4 Å². The van der Waals surface area contributed by atoms with Crippen LogP contribution < -0.4 is 5.32 Å². The van der Waals surface area contributed by atoms with E-state index < -0.39 is 49.5 Å². The van der Waals surface area contributed by atoms with Gasteiger partial charge in [-0.25, -0.2) is 0 Å². The van der Waals surface area contributed by atoms with E-state index in [9.17, 15) is 30.3 Å². The molecule has 0 aliphatic carbocycles. The lowest BCUT2D eigenvalue weighted by Crippen LogP contribution is -2.60. The van der Waals surface area contributed by atoms with Gasteiger partial charge in [0, 0.05) is 6.42 Å². The smallest absolute Gasteiger partial charge is 0.220 e. The third kappa shape index (κ3) is 37.2. The number of hydrogen-bond donors (Lipinski definition) is 6. The molecule has 1 aliphatic heterocycles. The Morgan fingerprint density at radius 1 is 0.507 bits per heavy atom. The third-order valence-electron chi connectivity index (χ3n) is 12.7. The average molecular weight is 942 g/mol. The van der Waals surface area contributed by atoms with Gasteiger partial charge in [-0.2, -0.15) is 0 Å². The lowest BCUT2D eigenvalue weighted by atomic mass is 9.99. The molecule has 0 bridgehead atoms. The topological polar surface area (TPSA) is 149 Å². The zero-order valence-electron chi connectivity index (χ0n) is 42.9. The van der Waals surface area contributed by atoms with E-state index in [2.05, 4.69) is 79.9 Å². The Balaban J connectivity index is 2.17. The van der Waals surface area contributed by atoms with Crippen LogP contribution in [0.4, 0.5) is 0 Å². The Morgan fingerprint density at radius 3 is 1.39 bits per heavy atom. The van der Waals surface area contributed by atoms with Gasteiger partial charge >= 0.3 is 0 Å². The van der Waals surface area contributed by atoms with Crippen molar-refractivity contribution in [1.29, 1.82) is 0 Å². The zero-order chi connectivity index (χ0) is 48.7. The van der Waals surface area contributed by atoms with Crippen molar-refractivity contribution in [2.75, 3.05) is 13.2 Å². The van der Waals surface area contributed by atoms with Crippen LogP contribution in [0.3, 0.4) is 0 Å². The summed E-state index contributed by atoms with van der Waals surface area (Å²) >= 11 is 0. The highest BCUT2D eigenvalue weighted by Gasteiger charge is 2.44. The minimum absolute atomic E-state index is 0.193. The summed E-state index contributed by atoms with van der Waals surface area (Å²) < 4.78 is 11.2. The summed E-state index contributed by atoms with van der Waals surface area (Å²) in [5.41, 5.74) is 0. The maximum absolute atomic E-state index is 13.0. The molecule has 1 saturated heterocycles. The van der Waals surface area contributed by atoms with E-state index in [1.165, 1.54) is 148 Å². The average Bonchev–Trinajstić information content (AvgIpc) is 3.33. The summed E-state index contributed by atoms with van der Waals surface area (Å²) in [6.45, 7) is 3.71. The minimum atomic E-state index is -1.58. The molecule has 7 atom stereocenters. The first-order valence-electron chi connectivity index (χ1n) is 27.7. The van der Waals surface area contributed by atoms with Crippen molar-refractivity contribution in [3.8, 4) is 0 Å². The predicted octanol–water partition coefficient (Wildman–Crippen LogP) is 13.3. The fourth-order valence-corrected chi connectivity index (χ4v) is 8.31. The lowest BCUT2D eigenvalue weighted by molar-refractivity contribution is -0.302. The van der Waals surface area contributed by atoms with Crippen molar-refractivity contribution in [1.82, 2.24) is 5.32 Å². The van der Waals surface area contributed by atoms with Crippen molar-refractivity contribution >= 4 is 5.91 Å². The lowest BCUT2D eigenvalue weighted by Gasteiger charge is -2.40. The van der Waals surface area contributed by atoms with Crippen LogP contribution in [0.2, 0.25) is 0 Å². The van der Waals surface area contributed by atoms with Gasteiger partial charge in [0.1, 0.15) is 24.4 Å². The first kappa shape index (κ1) is 62.6. The second kappa shape index (κ2) is 47.3. The molecule has 0 aromatic rings. The number of aliphatic hydroxyl groups is 5. The maximum Gasteiger partial charge on any atom is 0.220 e. The van der Waals surface area contributed by atoms with Crippen LogP contribution in [-0.2, 0) is 14.3 Å². The van der Waals surface area contributed by atoms with Crippen LogP contribution in [0.5, 0.6) is 0 Å². The number of ether oxygens (including phenoxy) is 2. The van der Waals surface area contributed by atoms with E-state index in [-0.39, 0.29) is 12.5 Å². The number of carbonyl (C=O) groups is 1. The predicted molar refractivity (Wildman–Crippen MR) is 281 cm³/mol. The van der Waals surface area contributed by atoms with Gasteiger partial charge < -0.3 is 40.3 Å². The first-order chi connectivity index (χ1) is 32.8. The highest BCUT2D eigenvalue weighted by atomic mass is 16.7. The van der Waals surface area contributed by atoms with Gasteiger partial charge in [-0.1, -0.05) is 215 Å². The van der Waals surface area contributed by atoms with Crippen molar-refractivity contribution < 1.29 is 39.8 Å². The molecule has 1 fully saturated rings. The Kier molecular flexibility index (Phi) is 44.2. The fourth-order valence-electron chi connectivity index (χ4n) is 8.31. The standard InChI is InChI=1S/C58H103NO8/c1-3-5-7-9-11-13-15-17-18-19-20-21-22-23-24-25-26-27-28-29-30-31-32-33-34-36-38-40-42-44-46-48-54(62)59-51(50-66-58-57(65)56(64)55(63)53(49-60)67-58)52(61)47-45-43-41-39-37-35-16-14-12-10-8-6-4-2/h12,14-15,17,19-20,22-23,37,39,45,47,51-53,55-58,60-61,63-65H,3-11,13,16,18,21,24-36,38,40-44,46,48-50H2,1-2H3,(H,59,62)/b14-12+,17-15-,20-19-,23-22-,39-37+,47-45+. The first-order valence-corrected chi connectivity index (χ1v) is 27.7. The van der Waals surface area contributed by atoms with E-state index in [0.29, 0.717) is 6.42 Å². The van der Waals surface area contributed by atoms with Crippen LogP contribution in [0.15, 0.2) is 72.9 Å². The molecule has 0 radical (unpaired) electrons. The number of amides is 1. The summed E-state index contributed by atoms with van der Waals surface area (Å²) in [4.78, 5) is 13.0. The number of hydrogen-bond acceptors (Lipinski definition) is 8. The molecule has 0 spiro atoms. The Labute approximate surface area is 410 Å². The Hall–Kier alpha value is -2.37. The van der Waals surface area contributed by atoms with Gasteiger partial charge in [0.2, 0.25) is 5.91 Å². The maximum atomic E-state index is 13.0. The number of rotatable bonds is 46. The number of unbranched alkanes of at least 4 members (excludes halogenated alkanes) is 26. The third-order valence-corrected chi connectivity index (χ3v) is 12.7. The Morgan fingerprint density at radius 2 is 0.896 bits per heavy atom. The van der Waals surface area contributed by atoms with Crippen molar-refractivity contribution in [3.63, 3.8) is 0 Å². The van der Waals surface area contributed by atoms with E-state index in [4.69, 9.17) is 9.47 Å². The highest BCUT2D eigenvalue weighted by Crippen LogP contribution is 2.23. The van der Waals surface area contributed by atoms with E-state index in [1.807, 2.05) is 6.08 Å². The number of carbonyl (C=O) groups excluding carboxylic acids is 1. The number of nitrogens with one attached hydrogen (secondary N) is 1. The molecule has 388 valence electrons. The monoisotopic (exact) mass is 942 g/mol. The summed E-state index contributed by atoms with van der Waals surface area (Å²) in [6, 6.07) is -0.830. The molecule has 67 heavy (non-hydrogen) atoms. The second-order valence-electron chi connectivity index (χ2n) is 19.0. The van der Waals surface area contributed by atoms with E-state index in [1.54, 1.807) is 6.08 Å². The SMILES string of the molecule is CCCCC/C=C/CC/C=C/CC/C=C/C(O)C(COC1OC(CO)C(O)C(O)C1O)NC(=O)CCCCCCCCCCCCCCCCCC/C=C\C/C=C\C/C=C\CCCCCCC. The van der Waals surface area contributed by atoms with Gasteiger partial charge in [-0.3, -0.25) is 4.79 Å². The van der Waals surface area contributed by atoms with Gasteiger partial charge in [0.15, 0.2) is 6.29 Å². The number of allylic oxidation sites excluding steroid dienone is 11. The summed E-state index contributed by atoms with van der Waals surface area (Å²) in [5.74, 6) is -0.193. The molecular formula is C58H103NO8. The summed E-state index contributed by atoms with van der Waals surface area (Å²) in [5, 5.41) is 54.3.